The van der Waals surface area contributed by atoms with Gasteiger partial charge in [-0.2, -0.15) is 26.3 Å². The second-order valence-corrected chi connectivity index (χ2v) is 8.36. The maximum Gasteiger partial charge on any atom is 0.416 e. The highest BCUT2D eigenvalue weighted by atomic mass is 19.4. The molecule has 1 N–H and O–H groups in total. The molecule has 4 nitrogen and oxygen atoms in total. The summed E-state index contributed by atoms with van der Waals surface area (Å²) in [6, 6.07) is 9.55. The lowest BCUT2D eigenvalue weighted by Crippen LogP contribution is -2.35. The van der Waals surface area contributed by atoms with Gasteiger partial charge in [0.25, 0.3) is 0 Å². The van der Waals surface area contributed by atoms with E-state index in [0.29, 0.717) is 12.1 Å². The summed E-state index contributed by atoms with van der Waals surface area (Å²) in [5, 5.41) is 2.96. The van der Waals surface area contributed by atoms with Gasteiger partial charge in [-0.15, -0.1) is 0 Å². The fraction of sp³-hybridized carbons (Fsp3) is 0.435. The van der Waals surface area contributed by atoms with E-state index in [1.807, 2.05) is 0 Å². The zero-order valence-electron chi connectivity index (χ0n) is 18.3. The van der Waals surface area contributed by atoms with Gasteiger partial charge in [-0.05, 0) is 50.1 Å². The summed E-state index contributed by atoms with van der Waals surface area (Å²) in [5.74, 6) is -0.517. The van der Waals surface area contributed by atoms with Crippen molar-refractivity contribution in [3.8, 4) is 0 Å². The number of hydrogen-bond acceptors (Lipinski definition) is 4. The summed E-state index contributed by atoms with van der Waals surface area (Å²) in [6.45, 7) is 4.39. The second kappa shape index (κ2) is 10.6. The molecule has 0 aliphatic rings. The second-order valence-electron chi connectivity index (χ2n) is 8.36. The molecular formula is C23H25F6NO3. The largest absolute Gasteiger partial charge is 0.459 e. The molecule has 0 unspecified atom stereocenters. The lowest BCUT2D eigenvalue weighted by atomic mass is 10.0. The van der Waals surface area contributed by atoms with Crippen LogP contribution in [0.5, 0.6) is 0 Å². The van der Waals surface area contributed by atoms with Crippen LogP contribution in [0.1, 0.15) is 49.1 Å². The van der Waals surface area contributed by atoms with E-state index in [1.54, 1.807) is 51.1 Å². The van der Waals surface area contributed by atoms with Crippen molar-refractivity contribution >= 4 is 5.97 Å². The average Bonchev–Trinajstić information content (AvgIpc) is 2.68. The minimum atomic E-state index is -4.93. The molecule has 0 fully saturated rings. The maximum absolute atomic E-state index is 13.0. The minimum absolute atomic E-state index is 0.0681. The first-order valence-electron chi connectivity index (χ1n) is 10.0. The van der Waals surface area contributed by atoms with Crippen LogP contribution in [0.3, 0.4) is 0 Å². The lowest BCUT2D eigenvalue weighted by Gasteiger charge is -2.22. The Morgan fingerprint density at radius 3 is 1.94 bits per heavy atom. The summed E-state index contributed by atoms with van der Waals surface area (Å²) in [4.78, 5) is 12.0. The molecular weight excluding hydrogens is 452 g/mol. The van der Waals surface area contributed by atoms with Crippen molar-refractivity contribution in [3.05, 3.63) is 70.8 Å². The van der Waals surface area contributed by atoms with Gasteiger partial charge in [0, 0.05) is 0 Å². The van der Waals surface area contributed by atoms with Gasteiger partial charge in [-0.1, -0.05) is 30.3 Å². The third-order valence-corrected chi connectivity index (χ3v) is 4.32. The topological polar surface area (TPSA) is 47.6 Å². The van der Waals surface area contributed by atoms with Gasteiger partial charge in [0.05, 0.1) is 36.9 Å². The number of hydrogen-bond donors (Lipinski definition) is 1. The number of alkyl halides is 6. The van der Waals surface area contributed by atoms with Gasteiger partial charge in [-0.25, -0.2) is 0 Å². The summed E-state index contributed by atoms with van der Waals surface area (Å²) in [5.41, 5.74) is -3.04. The highest BCUT2D eigenvalue weighted by Crippen LogP contribution is 2.36. The first-order chi connectivity index (χ1) is 15.1. The molecule has 0 spiro atoms. The van der Waals surface area contributed by atoms with Gasteiger partial charge in [0.1, 0.15) is 5.60 Å². The van der Waals surface area contributed by atoms with Crippen LogP contribution in [0, 0.1) is 0 Å². The van der Waals surface area contributed by atoms with Crippen LogP contribution < -0.4 is 5.32 Å². The molecule has 0 heterocycles. The highest BCUT2D eigenvalue weighted by Gasteiger charge is 2.36. The lowest BCUT2D eigenvalue weighted by molar-refractivity contribution is -0.154. The van der Waals surface area contributed by atoms with E-state index in [2.05, 4.69) is 5.32 Å². The van der Waals surface area contributed by atoms with Crippen molar-refractivity contribution in [2.24, 2.45) is 0 Å². The van der Waals surface area contributed by atoms with Crippen molar-refractivity contribution in [1.82, 2.24) is 5.32 Å². The Morgan fingerprint density at radius 1 is 0.909 bits per heavy atom. The van der Waals surface area contributed by atoms with E-state index in [1.165, 1.54) is 0 Å². The Bertz CT molecular complexity index is 888. The third kappa shape index (κ3) is 9.05. The van der Waals surface area contributed by atoms with E-state index in [0.717, 1.165) is 5.56 Å². The zero-order valence-corrected chi connectivity index (χ0v) is 18.3. The molecule has 1 atom stereocenters. The molecule has 0 aromatic heterocycles. The van der Waals surface area contributed by atoms with Crippen LogP contribution in [-0.4, -0.2) is 24.7 Å². The first kappa shape index (κ1) is 26.7. The Hall–Kier alpha value is -2.59. The fourth-order valence-corrected chi connectivity index (χ4v) is 2.94. The third-order valence-electron chi connectivity index (χ3n) is 4.32. The average molecular weight is 477 g/mol. The molecule has 182 valence electrons. The maximum atomic E-state index is 13.0. The monoisotopic (exact) mass is 477 g/mol. The number of halogens is 6. The van der Waals surface area contributed by atoms with Gasteiger partial charge in [0.2, 0.25) is 0 Å². The number of nitrogens with one attached hydrogen (secondary N) is 1. The van der Waals surface area contributed by atoms with Crippen molar-refractivity contribution in [3.63, 3.8) is 0 Å². The Balaban J connectivity index is 2.12. The van der Waals surface area contributed by atoms with E-state index in [9.17, 15) is 31.1 Å². The molecule has 0 saturated carbocycles. The molecule has 0 radical (unpaired) electrons. The van der Waals surface area contributed by atoms with Crippen LogP contribution in [-0.2, 0) is 33.2 Å². The minimum Gasteiger partial charge on any atom is -0.459 e. The molecule has 10 heteroatoms. The van der Waals surface area contributed by atoms with Crippen LogP contribution >= 0.6 is 0 Å². The van der Waals surface area contributed by atoms with Crippen LogP contribution in [0.4, 0.5) is 26.3 Å². The summed E-state index contributed by atoms with van der Waals surface area (Å²) < 4.78 is 88.9. The number of rotatable bonds is 8. The van der Waals surface area contributed by atoms with E-state index < -0.39 is 47.7 Å². The van der Waals surface area contributed by atoms with Crippen LogP contribution in [0.15, 0.2) is 48.5 Å². The van der Waals surface area contributed by atoms with Crippen molar-refractivity contribution in [2.75, 3.05) is 13.2 Å². The van der Waals surface area contributed by atoms with E-state index >= 15 is 0 Å². The van der Waals surface area contributed by atoms with E-state index in [-0.39, 0.29) is 24.8 Å². The fourth-order valence-electron chi connectivity index (χ4n) is 2.94. The summed E-state index contributed by atoms with van der Waals surface area (Å²) >= 11 is 0. The first-order valence-corrected chi connectivity index (χ1v) is 10.0. The molecule has 0 bridgehead atoms. The standard InChI is InChI=1S/C23H25F6NO3/c1-21(2,3)33-20(31)12-30-19(16-7-5-4-6-8-16)14-32-13-15-9-17(22(24,25)26)11-18(10-15)23(27,28)29/h4-11,19,30H,12-14H2,1-3H3/t19-/m1/s1. The van der Waals surface area contributed by atoms with Crippen LogP contribution in [0.25, 0.3) is 0 Å². The molecule has 33 heavy (non-hydrogen) atoms. The zero-order chi connectivity index (χ0) is 24.9. The molecule has 2 rings (SSSR count). The molecule has 0 saturated heterocycles. The Kier molecular flexibility index (Phi) is 8.53. The van der Waals surface area contributed by atoms with Crippen molar-refractivity contribution < 1.29 is 40.6 Å². The summed E-state index contributed by atoms with van der Waals surface area (Å²) in [7, 11) is 0. The van der Waals surface area contributed by atoms with Gasteiger partial charge < -0.3 is 9.47 Å². The smallest absolute Gasteiger partial charge is 0.416 e. The van der Waals surface area contributed by atoms with Crippen molar-refractivity contribution in [1.29, 1.82) is 0 Å². The van der Waals surface area contributed by atoms with Crippen molar-refractivity contribution in [2.45, 2.75) is 51.4 Å². The Labute approximate surface area is 187 Å². The predicted molar refractivity (Wildman–Crippen MR) is 109 cm³/mol. The predicted octanol–water partition coefficient (Wildman–Crippen LogP) is 5.91. The SMILES string of the molecule is CC(C)(C)OC(=O)CN[C@H](COCc1cc(C(F)(F)F)cc(C(F)(F)F)c1)c1ccccc1. The molecule has 0 aliphatic carbocycles. The molecule has 0 aliphatic heterocycles. The number of ether oxygens (including phenoxy) is 2. The van der Waals surface area contributed by atoms with E-state index in [4.69, 9.17) is 9.47 Å². The van der Waals surface area contributed by atoms with Gasteiger partial charge in [-0.3, -0.25) is 10.1 Å². The van der Waals surface area contributed by atoms with Gasteiger partial charge in [0.15, 0.2) is 0 Å². The highest BCUT2D eigenvalue weighted by molar-refractivity contribution is 5.72. The summed E-state index contributed by atoms with van der Waals surface area (Å²) in [6.07, 6.45) is -9.87. The number of carbonyl (C=O) groups is 1. The quantitative estimate of drug-likeness (QED) is 0.379. The molecule has 2 aromatic rings. The number of carbonyl (C=O) groups excluding carboxylic acids is 1. The molecule has 0 amide bonds. The Morgan fingerprint density at radius 2 is 1.45 bits per heavy atom. The number of benzene rings is 2. The molecule has 2 aromatic carbocycles. The number of esters is 1. The van der Waals surface area contributed by atoms with Gasteiger partial charge >= 0.3 is 18.3 Å². The van der Waals surface area contributed by atoms with Crippen LogP contribution in [0.2, 0.25) is 0 Å². The normalized spacial score (nSPS) is 13.6.